The van der Waals surface area contributed by atoms with E-state index in [1.165, 1.54) is 16.7 Å². The van der Waals surface area contributed by atoms with Gasteiger partial charge < -0.3 is 14.9 Å². The summed E-state index contributed by atoms with van der Waals surface area (Å²) in [6, 6.07) is 0. The Bertz CT molecular complexity index is 511. The van der Waals surface area contributed by atoms with Gasteiger partial charge in [-0.2, -0.15) is 0 Å². The van der Waals surface area contributed by atoms with Crippen LogP contribution < -0.4 is 0 Å². The number of aliphatic hydroxyl groups excluding tert-OH is 1. The van der Waals surface area contributed by atoms with Crippen LogP contribution in [0.25, 0.3) is 0 Å². The lowest BCUT2D eigenvalue weighted by Crippen LogP contribution is -2.68. The van der Waals surface area contributed by atoms with E-state index in [1.807, 2.05) is 6.92 Å². The molecular weight excluding hydrogens is 282 g/mol. The van der Waals surface area contributed by atoms with Crippen molar-refractivity contribution in [3.8, 4) is 0 Å². The minimum atomic E-state index is -1.08. The first kappa shape index (κ1) is 13.9. The molecule has 0 aliphatic carbocycles. The van der Waals surface area contributed by atoms with Crippen molar-refractivity contribution >= 4 is 23.6 Å². The van der Waals surface area contributed by atoms with Crippen molar-refractivity contribution in [1.82, 2.24) is 4.90 Å². The fourth-order valence-corrected chi connectivity index (χ4v) is 5.13. The zero-order valence-electron chi connectivity index (χ0n) is 11.3. The van der Waals surface area contributed by atoms with Gasteiger partial charge in [0.1, 0.15) is 10.6 Å². The molecule has 0 aromatic heterocycles. The van der Waals surface area contributed by atoms with Crippen LogP contribution in [0.3, 0.4) is 0 Å². The van der Waals surface area contributed by atoms with Gasteiger partial charge in [-0.1, -0.05) is 11.8 Å². The Balaban J connectivity index is 1.99. The van der Waals surface area contributed by atoms with Crippen molar-refractivity contribution in [1.29, 1.82) is 0 Å². The Morgan fingerprint density at radius 2 is 2.30 bits per heavy atom. The van der Waals surface area contributed by atoms with Crippen molar-refractivity contribution < 1.29 is 24.5 Å². The summed E-state index contributed by atoms with van der Waals surface area (Å²) in [6.07, 6.45) is -0.0122. The van der Waals surface area contributed by atoms with Crippen LogP contribution in [-0.2, 0) is 14.3 Å². The molecule has 20 heavy (non-hydrogen) atoms. The van der Waals surface area contributed by atoms with Crippen molar-refractivity contribution in [2.45, 2.75) is 31.2 Å². The summed E-state index contributed by atoms with van der Waals surface area (Å²) in [5, 5.41) is 19.2. The van der Waals surface area contributed by atoms with E-state index in [1.54, 1.807) is 6.92 Å². The van der Waals surface area contributed by atoms with Gasteiger partial charge >= 0.3 is 5.97 Å². The van der Waals surface area contributed by atoms with Gasteiger partial charge in [-0.05, 0) is 20.3 Å². The molecule has 3 aliphatic heterocycles. The Hall–Kier alpha value is -1.05. The second-order valence-corrected chi connectivity index (χ2v) is 7.10. The molecule has 2 N–H and O–H groups in total. The number of rotatable bonds is 3. The number of thioether (sulfide) groups is 1. The number of carboxylic acids is 1. The summed E-state index contributed by atoms with van der Waals surface area (Å²) < 4.78 is 5.33. The number of carbonyl (C=O) groups is 2. The van der Waals surface area contributed by atoms with Crippen molar-refractivity contribution in [2.24, 2.45) is 11.8 Å². The predicted octanol–water partition coefficient (Wildman–Crippen LogP) is 0.621. The van der Waals surface area contributed by atoms with Gasteiger partial charge in [0, 0.05) is 17.4 Å². The number of hydrogen-bond donors (Lipinski definition) is 2. The number of hydrogen-bond acceptors (Lipinski definition) is 5. The number of ether oxygens (including phenoxy) is 1. The summed E-state index contributed by atoms with van der Waals surface area (Å²) in [5.41, 5.74) is 0.0786. The van der Waals surface area contributed by atoms with Crippen LogP contribution in [0.4, 0.5) is 0 Å². The minimum Gasteiger partial charge on any atom is -0.477 e. The van der Waals surface area contributed by atoms with E-state index in [0.717, 1.165) is 6.42 Å². The number of nitrogens with zero attached hydrogens (tertiary/aromatic N) is 1. The normalized spacial score (nSPS) is 38.0. The molecule has 4 atom stereocenters. The molecule has 2 fully saturated rings. The molecule has 0 aromatic rings. The molecular formula is C13H17NO5S. The zero-order chi connectivity index (χ0) is 14.7. The summed E-state index contributed by atoms with van der Waals surface area (Å²) in [5.74, 6) is -1.90. The van der Waals surface area contributed by atoms with Crippen LogP contribution in [0.1, 0.15) is 20.3 Å². The fraction of sp³-hybridized carbons (Fsp3) is 0.692. The van der Waals surface area contributed by atoms with E-state index in [4.69, 9.17) is 4.74 Å². The number of carbonyl (C=O) groups excluding carboxylic acids is 1. The maximum Gasteiger partial charge on any atom is 0.353 e. The second-order valence-electron chi connectivity index (χ2n) is 5.63. The smallest absolute Gasteiger partial charge is 0.353 e. The highest BCUT2D eigenvalue weighted by Crippen LogP contribution is 2.60. The van der Waals surface area contributed by atoms with Crippen LogP contribution in [0.15, 0.2) is 10.6 Å². The summed E-state index contributed by atoms with van der Waals surface area (Å²) in [6.45, 7) is 4.51. The number of fused-ring (bicyclic) bond motifs is 1. The molecule has 1 amide bonds. The largest absolute Gasteiger partial charge is 0.477 e. The van der Waals surface area contributed by atoms with E-state index in [9.17, 15) is 19.8 Å². The third-order valence-electron chi connectivity index (χ3n) is 4.27. The zero-order valence-corrected chi connectivity index (χ0v) is 12.1. The third kappa shape index (κ3) is 1.66. The number of amides is 1. The lowest BCUT2D eigenvalue weighted by molar-refractivity contribution is -0.164. The number of carboxylic acid groups (broad SMARTS) is 1. The monoisotopic (exact) mass is 299 g/mol. The Morgan fingerprint density at radius 1 is 1.60 bits per heavy atom. The molecule has 110 valence electrons. The van der Waals surface area contributed by atoms with Crippen LogP contribution in [0.2, 0.25) is 0 Å². The molecule has 0 spiro atoms. The maximum absolute atomic E-state index is 12.2. The fourth-order valence-electron chi connectivity index (χ4n) is 3.36. The Kier molecular flexibility index (Phi) is 3.11. The van der Waals surface area contributed by atoms with Crippen LogP contribution in [0, 0.1) is 11.8 Å². The van der Waals surface area contributed by atoms with Gasteiger partial charge in [0.15, 0.2) is 0 Å². The van der Waals surface area contributed by atoms with Gasteiger partial charge in [-0.3, -0.25) is 9.69 Å². The molecule has 0 bridgehead atoms. The summed E-state index contributed by atoms with van der Waals surface area (Å²) in [4.78, 5) is 25.1. The molecule has 3 aliphatic rings. The molecule has 0 aromatic carbocycles. The van der Waals surface area contributed by atoms with Crippen LogP contribution in [-0.4, -0.2) is 51.2 Å². The standard InChI is InChI=1S/C13H17NO5S/c1-6(15)8-11(16)14-9(12(17)18)10(20-13(8,14)2)7-3-4-19-5-7/h6-8,15H,3-5H2,1-2H3,(H,17,18)/t6-,7?,8+,13-/m1/s1. The van der Waals surface area contributed by atoms with Crippen molar-refractivity contribution in [3.63, 3.8) is 0 Å². The topological polar surface area (TPSA) is 87.1 Å². The van der Waals surface area contributed by atoms with Gasteiger partial charge in [0.05, 0.1) is 18.6 Å². The first-order chi connectivity index (χ1) is 9.38. The van der Waals surface area contributed by atoms with Gasteiger partial charge in [0.25, 0.3) is 0 Å². The van der Waals surface area contributed by atoms with Gasteiger partial charge in [0.2, 0.25) is 5.91 Å². The number of aliphatic hydroxyl groups is 1. The van der Waals surface area contributed by atoms with E-state index in [0.29, 0.717) is 18.1 Å². The number of aliphatic carboxylic acids is 1. The second kappa shape index (κ2) is 4.47. The first-order valence-corrected chi connectivity index (χ1v) is 7.46. The molecule has 7 heteroatoms. The highest BCUT2D eigenvalue weighted by atomic mass is 32.2. The van der Waals surface area contributed by atoms with Crippen molar-refractivity contribution in [2.75, 3.05) is 13.2 Å². The lowest BCUT2D eigenvalue weighted by atomic mass is 9.83. The van der Waals surface area contributed by atoms with Crippen molar-refractivity contribution in [3.05, 3.63) is 10.6 Å². The van der Waals surface area contributed by atoms with Gasteiger partial charge in [-0.25, -0.2) is 4.79 Å². The van der Waals surface area contributed by atoms with E-state index in [2.05, 4.69) is 0 Å². The molecule has 6 nitrogen and oxygen atoms in total. The first-order valence-electron chi connectivity index (χ1n) is 6.64. The Labute approximate surface area is 120 Å². The Morgan fingerprint density at radius 3 is 2.80 bits per heavy atom. The highest BCUT2D eigenvalue weighted by molar-refractivity contribution is 8.04. The quantitative estimate of drug-likeness (QED) is 0.743. The lowest BCUT2D eigenvalue weighted by Gasteiger charge is -2.52. The summed E-state index contributed by atoms with van der Waals surface area (Å²) >= 11 is 1.40. The summed E-state index contributed by atoms with van der Waals surface area (Å²) in [7, 11) is 0. The van der Waals surface area contributed by atoms with Crippen LogP contribution in [0.5, 0.6) is 0 Å². The molecule has 0 saturated carbocycles. The minimum absolute atomic E-state index is 0.0379. The molecule has 3 rings (SSSR count). The van der Waals surface area contributed by atoms with E-state index >= 15 is 0 Å². The average Bonchev–Trinajstić information content (AvgIpc) is 2.92. The molecule has 3 heterocycles. The molecule has 2 saturated heterocycles. The average molecular weight is 299 g/mol. The highest BCUT2D eigenvalue weighted by Gasteiger charge is 2.66. The maximum atomic E-state index is 12.2. The van der Waals surface area contributed by atoms with Gasteiger partial charge in [-0.15, -0.1) is 0 Å². The molecule has 0 radical (unpaired) electrons. The predicted molar refractivity (Wildman–Crippen MR) is 71.6 cm³/mol. The third-order valence-corrected chi connectivity index (χ3v) is 5.86. The van der Waals surface area contributed by atoms with E-state index < -0.39 is 22.9 Å². The number of β-lactam (4-membered cyclic amide) rings is 1. The van der Waals surface area contributed by atoms with E-state index in [-0.39, 0.29) is 17.5 Å². The van der Waals surface area contributed by atoms with Crippen LogP contribution >= 0.6 is 11.8 Å². The SMILES string of the molecule is C[C@@H](O)[C@H]1C(=O)N2C(C(=O)O)=C(C3CCOC3)S[C@]12C. The molecule has 1 unspecified atom stereocenters.